The summed E-state index contributed by atoms with van der Waals surface area (Å²) in [6.45, 7) is 5.57. The first-order valence-corrected chi connectivity index (χ1v) is 13.0. The van der Waals surface area contributed by atoms with Crippen LogP contribution in [0.3, 0.4) is 0 Å². The number of rotatable bonds is 5. The summed E-state index contributed by atoms with van der Waals surface area (Å²) >= 11 is -1.87. The SMILES string of the molecule is COCc1cc[c]([Zr+2]([C]2=CC=CC2)[CH](C)C)c2c1-c1ccccc1C2.[Cl-].[Cl-]. The predicted octanol–water partition coefficient (Wildman–Crippen LogP) is -0.672. The monoisotopic (exact) mass is 477 g/mol. The molecule has 0 unspecified atom stereocenters. The zero-order valence-electron chi connectivity index (χ0n) is 16.1. The minimum Gasteiger partial charge on any atom is -1.00 e. The molecule has 0 heterocycles. The maximum Gasteiger partial charge on any atom is -1.00 e. The molecule has 0 atom stereocenters. The molecule has 2 aliphatic rings. The van der Waals surface area contributed by atoms with Crippen LogP contribution in [0, 0.1) is 0 Å². The number of hydrogen-bond acceptors (Lipinski definition) is 1. The summed E-state index contributed by atoms with van der Waals surface area (Å²) < 4.78 is 9.75. The Morgan fingerprint density at radius 1 is 1.07 bits per heavy atom. The topological polar surface area (TPSA) is 9.23 Å². The molecular formula is C23H25Cl2OZr. The Morgan fingerprint density at radius 3 is 2.52 bits per heavy atom. The number of benzene rings is 2. The van der Waals surface area contributed by atoms with Crippen LogP contribution in [-0.2, 0) is 39.5 Å². The van der Waals surface area contributed by atoms with Crippen LogP contribution in [0.2, 0.25) is 3.63 Å². The first-order valence-electron chi connectivity index (χ1n) is 9.16. The fraction of sp³-hybridized carbons (Fsp3) is 0.304. The minimum absolute atomic E-state index is 0. The normalized spacial score (nSPS) is 13.6. The molecule has 141 valence electrons. The molecule has 0 aliphatic heterocycles. The van der Waals surface area contributed by atoms with Gasteiger partial charge < -0.3 is 24.8 Å². The molecule has 4 rings (SSSR count). The zero-order chi connectivity index (χ0) is 17.4. The van der Waals surface area contributed by atoms with E-state index in [-0.39, 0.29) is 24.8 Å². The van der Waals surface area contributed by atoms with Crippen molar-refractivity contribution in [2.45, 2.75) is 36.9 Å². The third kappa shape index (κ3) is 4.20. The van der Waals surface area contributed by atoms with Crippen molar-refractivity contribution < 1.29 is 51.3 Å². The average Bonchev–Trinajstić information content (AvgIpc) is 3.24. The summed E-state index contributed by atoms with van der Waals surface area (Å²) in [6.07, 6.45) is 9.26. The Hall–Kier alpha value is -0.657. The largest absolute Gasteiger partial charge is 1.00 e. The molecule has 0 spiro atoms. The molecule has 0 saturated heterocycles. The van der Waals surface area contributed by atoms with Gasteiger partial charge in [-0.1, -0.05) is 0 Å². The Balaban J connectivity index is 0.00000131. The van der Waals surface area contributed by atoms with Gasteiger partial charge in [0, 0.05) is 0 Å². The van der Waals surface area contributed by atoms with Crippen molar-refractivity contribution in [3.05, 3.63) is 74.6 Å². The van der Waals surface area contributed by atoms with E-state index in [9.17, 15) is 0 Å². The van der Waals surface area contributed by atoms with Gasteiger partial charge in [-0.3, -0.25) is 0 Å². The third-order valence-corrected chi connectivity index (χ3v) is 13.4. The first-order chi connectivity index (χ1) is 12.2. The van der Waals surface area contributed by atoms with E-state index in [4.69, 9.17) is 4.74 Å². The minimum atomic E-state index is -1.87. The third-order valence-electron chi connectivity index (χ3n) is 5.34. The van der Waals surface area contributed by atoms with Crippen LogP contribution in [0.1, 0.15) is 37.0 Å². The summed E-state index contributed by atoms with van der Waals surface area (Å²) in [5.41, 5.74) is 7.33. The fourth-order valence-corrected chi connectivity index (χ4v) is 12.0. The van der Waals surface area contributed by atoms with Gasteiger partial charge in [-0.15, -0.1) is 0 Å². The van der Waals surface area contributed by atoms with Gasteiger partial charge in [0.15, 0.2) is 0 Å². The van der Waals surface area contributed by atoms with E-state index >= 15 is 0 Å². The molecule has 2 aromatic rings. The Morgan fingerprint density at radius 2 is 1.85 bits per heavy atom. The number of methoxy groups -OCH3 is 1. The van der Waals surface area contributed by atoms with E-state index in [0.717, 1.165) is 10.0 Å². The molecule has 0 amide bonds. The molecular weight excluding hydrogens is 454 g/mol. The molecule has 0 N–H and O–H groups in total. The van der Waals surface area contributed by atoms with Gasteiger partial charge in [-0.25, -0.2) is 0 Å². The summed E-state index contributed by atoms with van der Waals surface area (Å²) in [5, 5.41) is 0. The van der Waals surface area contributed by atoms with Crippen LogP contribution in [0.5, 0.6) is 0 Å². The van der Waals surface area contributed by atoms with Crippen molar-refractivity contribution in [3.8, 4) is 11.1 Å². The Labute approximate surface area is 183 Å². The Bertz CT molecular complexity index is 871. The average molecular weight is 480 g/mol. The number of halogens is 2. The van der Waals surface area contributed by atoms with Crippen molar-refractivity contribution in [3.63, 3.8) is 0 Å². The molecule has 0 aromatic heterocycles. The van der Waals surface area contributed by atoms with Crippen LogP contribution < -0.4 is 28.1 Å². The van der Waals surface area contributed by atoms with Crippen LogP contribution in [-0.4, -0.2) is 7.11 Å². The van der Waals surface area contributed by atoms with Gasteiger partial charge in [0.2, 0.25) is 0 Å². The summed E-state index contributed by atoms with van der Waals surface area (Å²) in [7, 11) is 1.80. The second-order valence-corrected chi connectivity index (χ2v) is 15.1. The zero-order valence-corrected chi connectivity index (χ0v) is 20.0. The second-order valence-electron chi connectivity index (χ2n) is 7.29. The van der Waals surface area contributed by atoms with Crippen LogP contribution in [0.15, 0.2) is 57.9 Å². The number of fused-ring (bicyclic) bond motifs is 3. The number of ether oxygens (including phenoxy) is 1. The van der Waals surface area contributed by atoms with Gasteiger partial charge in [0.05, 0.1) is 0 Å². The van der Waals surface area contributed by atoms with Crippen LogP contribution in [0.25, 0.3) is 11.1 Å². The van der Waals surface area contributed by atoms with E-state index in [1.54, 1.807) is 19.2 Å². The quantitative estimate of drug-likeness (QED) is 0.472. The Kier molecular flexibility index (Phi) is 8.13. The van der Waals surface area contributed by atoms with Crippen LogP contribution in [0.4, 0.5) is 0 Å². The van der Waals surface area contributed by atoms with Crippen molar-refractivity contribution in [1.29, 1.82) is 0 Å². The first kappa shape index (κ1) is 22.6. The fourth-order valence-electron chi connectivity index (χ4n) is 4.35. The van der Waals surface area contributed by atoms with Gasteiger partial charge in [0.1, 0.15) is 0 Å². The molecule has 2 aliphatic carbocycles. The molecule has 0 saturated carbocycles. The molecule has 4 heteroatoms. The molecule has 27 heavy (non-hydrogen) atoms. The standard InChI is InChI=1S/C15H13O.C5H5.C3H7.2ClH.Zr/c1-16-10-13-7-4-6-12-9-11-5-2-3-8-14(11)15(12)13;1-2-4-5-3-1;1-3-2;;;/h2-5,7-8H,9-10H2,1H3;1-3H,4H2;3H,1-2H3;2*1H;/q;;;;;+2/p-2. The van der Waals surface area contributed by atoms with Crippen molar-refractivity contribution in [2.24, 2.45) is 0 Å². The van der Waals surface area contributed by atoms with Crippen molar-refractivity contribution in [2.75, 3.05) is 7.11 Å². The van der Waals surface area contributed by atoms with E-state index in [0.29, 0.717) is 6.61 Å². The van der Waals surface area contributed by atoms with Gasteiger partial charge in [0.25, 0.3) is 0 Å². The number of hydrogen-bond donors (Lipinski definition) is 0. The molecule has 1 nitrogen and oxygen atoms in total. The second kappa shape index (κ2) is 9.70. The maximum atomic E-state index is 5.51. The van der Waals surface area contributed by atoms with E-state index in [1.165, 1.54) is 28.7 Å². The summed E-state index contributed by atoms with van der Waals surface area (Å²) in [5.74, 6) is 0. The predicted molar refractivity (Wildman–Crippen MR) is 102 cm³/mol. The van der Waals surface area contributed by atoms with Crippen LogP contribution >= 0.6 is 0 Å². The molecule has 0 fully saturated rings. The van der Waals surface area contributed by atoms with Gasteiger partial charge >= 0.3 is 160 Å². The summed E-state index contributed by atoms with van der Waals surface area (Å²) in [6, 6.07) is 13.7. The summed E-state index contributed by atoms with van der Waals surface area (Å²) in [4.78, 5) is 0. The van der Waals surface area contributed by atoms with Crippen molar-refractivity contribution >= 4 is 3.27 Å². The van der Waals surface area contributed by atoms with Crippen molar-refractivity contribution in [1.82, 2.24) is 0 Å². The van der Waals surface area contributed by atoms with Gasteiger partial charge in [-0.2, -0.15) is 0 Å². The molecule has 0 bridgehead atoms. The smallest absolute Gasteiger partial charge is 1.00 e. The van der Waals surface area contributed by atoms with E-state index < -0.39 is 21.8 Å². The van der Waals surface area contributed by atoms with Gasteiger partial charge in [-0.05, 0) is 0 Å². The maximum absolute atomic E-state index is 5.51. The molecule has 2 aromatic carbocycles. The van der Waals surface area contributed by atoms with E-state index in [2.05, 4.69) is 68.5 Å². The van der Waals surface area contributed by atoms with E-state index in [1.807, 2.05) is 0 Å². The number of allylic oxidation sites excluding steroid dienone is 4. The molecule has 0 radical (unpaired) electrons.